The number of aliphatic hydroxyl groups is 1. The van der Waals surface area contributed by atoms with Crippen LogP contribution in [-0.4, -0.2) is 74.1 Å². The fourth-order valence-electron chi connectivity index (χ4n) is 4.44. The van der Waals surface area contributed by atoms with Crippen molar-refractivity contribution in [3.8, 4) is 5.75 Å². The van der Waals surface area contributed by atoms with Crippen molar-refractivity contribution in [2.75, 3.05) is 51.3 Å². The van der Waals surface area contributed by atoms with Crippen molar-refractivity contribution < 1.29 is 19.0 Å². The first-order chi connectivity index (χ1) is 14.4. The molecule has 1 saturated carbocycles. The first kappa shape index (κ1) is 22.8. The SMILES string of the molecule is COc1ccccc1N1CCN(CC(O)CCNC(=O)C2CCC(C)(F)CC2)CC1. The number of benzene rings is 1. The number of aliphatic hydroxyl groups excluding tert-OH is 1. The van der Waals surface area contributed by atoms with Crippen molar-refractivity contribution in [1.29, 1.82) is 0 Å². The molecule has 2 fully saturated rings. The standard InChI is InChI=1S/C23H36FN3O3/c1-23(24)10-7-18(8-11-23)22(29)25-12-9-19(28)17-26-13-15-27(16-14-26)20-5-3-4-6-21(20)30-2/h3-6,18-19,28H,7-17H2,1-2H3,(H,25,29). The van der Waals surface area contributed by atoms with Gasteiger partial charge in [-0.1, -0.05) is 12.1 Å². The maximum Gasteiger partial charge on any atom is 0.223 e. The lowest BCUT2D eigenvalue weighted by Gasteiger charge is -2.37. The van der Waals surface area contributed by atoms with E-state index in [1.54, 1.807) is 14.0 Å². The summed E-state index contributed by atoms with van der Waals surface area (Å²) in [6.07, 6.45) is 2.19. The highest BCUT2D eigenvalue weighted by Gasteiger charge is 2.33. The second-order valence-electron chi connectivity index (χ2n) is 8.88. The van der Waals surface area contributed by atoms with Gasteiger partial charge in [-0.25, -0.2) is 4.39 Å². The van der Waals surface area contributed by atoms with Crippen molar-refractivity contribution in [3.63, 3.8) is 0 Å². The first-order valence-electron chi connectivity index (χ1n) is 11.1. The van der Waals surface area contributed by atoms with Crippen molar-refractivity contribution in [3.05, 3.63) is 24.3 Å². The average Bonchev–Trinajstić information content (AvgIpc) is 2.74. The Morgan fingerprint density at radius 1 is 1.27 bits per heavy atom. The topological polar surface area (TPSA) is 65.0 Å². The Morgan fingerprint density at radius 2 is 1.93 bits per heavy atom. The van der Waals surface area contributed by atoms with E-state index >= 15 is 0 Å². The number of alkyl halides is 1. The summed E-state index contributed by atoms with van der Waals surface area (Å²) in [7, 11) is 1.69. The van der Waals surface area contributed by atoms with E-state index in [0.717, 1.165) is 37.6 Å². The van der Waals surface area contributed by atoms with Gasteiger partial charge in [-0.15, -0.1) is 0 Å². The van der Waals surface area contributed by atoms with Gasteiger partial charge in [0.2, 0.25) is 5.91 Å². The lowest BCUT2D eigenvalue weighted by molar-refractivity contribution is -0.126. The smallest absolute Gasteiger partial charge is 0.223 e. The molecule has 168 valence electrons. The third-order valence-corrected chi connectivity index (χ3v) is 6.44. The number of halogens is 1. The van der Waals surface area contributed by atoms with Gasteiger partial charge in [-0.2, -0.15) is 0 Å². The van der Waals surface area contributed by atoms with Crippen molar-refractivity contribution >= 4 is 11.6 Å². The number of carbonyl (C=O) groups excluding carboxylic acids is 1. The maximum atomic E-state index is 13.9. The minimum atomic E-state index is -1.12. The number of anilines is 1. The first-order valence-corrected chi connectivity index (χ1v) is 11.1. The summed E-state index contributed by atoms with van der Waals surface area (Å²) in [4.78, 5) is 16.8. The number of methoxy groups -OCH3 is 1. The van der Waals surface area contributed by atoms with Gasteiger partial charge >= 0.3 is 0 Å². The Morgan fingerprint density at radius 3 is 2.60 bits per heavy atom. The predicted molar refractivity (Wildman–Crippen MR) is 117 cm³/mol. The van der Waals surface area contributed by atoms with Crippen LogP contribution in [0.15, 0.2) is 24.3 Å². The molecule has 2 N–H and O–H groups in total. The highest BCUT2D eigenvalue weighted by atomic mass is 19.1. The maximum absolute atomic E-state index is 13.9. The third kappa shape index (κ3) is 6.32. The van der Waals surface area contributed by atoms with Crippen LogP contribution in [0.3, 0.4) is 0 Å². The summed E-state index contributed by atoms with van der Waals surface area (Å²) in [5.74, 6) is 0.799. The van der Waals surface area contributed by atoms with Gasteiger partial charge in [0.25, 0.3) is 0 Å². The van der Waals surface area contributed by atoms with E-state index in [1.165, 1.54) is 0 Å². The van der Waals surface area contributed by atoms with Crippen LogP contribution in [0.1, 0.15) is 39.0 Å². The molecule has 1 amide bonds. The van der Waals surface area contributed by atoms with Gasteiger partial charge in [-0.05, 0) is 51.2 Å². The molecular weight excluding hydrogens is 385 g/mol. The van der Waals surface area contributed by atoms with Gasteiger partial charge in [0.05, 0.1) is 18.9 Å². The molecule has 1 aromatic carbocycles. The lowest BCUT2D eigenvalue weighted by atomic mass is 9.80. The zero-order chi connectivity index (χ0) is 21.6. The van der Waals surface area contributed by atoms with Crippen LogP contribution in [0.4, 0.5) is 10.1 Å². The number of piperazine rings is 1. The number of hydrogen-bond acceptors (Lipinski definition) is 5. The molecule has 0 bridgehead atoms. The fourth-order valence-corrected chi connectivity index (χ4v) is 4.44. The third-order valence-electron chi connectivity index (χ3n) is 6.44. The van der Waals surface area contributed by atoms with Gasteiger partial charge in [-0.3, -0.25) is 9.69 Å². The minimum absolute atomic E-state index is 0.00289. The molecule has 7 heteroatoms. The number of carbonyl (C=O) groups is 1. The largest absolute Gasteiger partial charge is 0.495 e. The number of para-hydroxylation sites is 2. The minimum Gasteiger partial charge on any atom is -0.495 e. The summed E-state index contributed by atoms with van der Waals surface area (Å²) in [6, 6.07) is 8.04. The van der Waals surface area contributed by atoms with Crippen LogP contribution in [0.2, 0.25) is 0 Å². The zero-order valence-corrected chi connectivity index (χ0v) is 18.3. The van der Waals surface area contributed by atoms with Crippen LogP contribution >= 0.6 is 0 Å². The highest BCUT2D eigenvalue weighted by Crippen LogP contribution is 2.34. The van der Waals surface area contributed by atoms with Gasteiger partial charge in [0.15, 0.2) is 0 Å². The van der Waals surface area contributed by atoms with E-state index < -0.39 is 11.8 Å². The second-order valence-corrected chi connectivity index (χ2v) is 8.88. The molecule has 0 aromatic heterocycles. The number of ether oxygens (including phenoxy) is 1. The average molecular weight is 422 g/mol. The zero-order valence-electron chi connectivity index (χ0n) is 18.3. The fraction of sp³-hybridized carbons (Fsp3) is 0.696. The molecule has 1 saturated heterocycles. The van der Waals surface area contributed by atoms with E-state index in [0.29, 0.717) is 45.2 Å². The monoisotopic (exact) mass is 421 g/mol. The predicted octanol–water partition coefficient (Wildman–Crippen LogP) is 2.60. The molecule has 2 aliphatic rings. The van der Waals surface area contributed by atoms with Crippen LogP contribution < -0.4 is 15.0 Å². The number of amides is 1. The summed E-state index contributed by atoms with van der Waals surface area (Å²) in [5.41, 5.74) is -0.0125. The normalized spacial score (nSPS) is 26.3. The van der Waals surface area contributed by atoms with Crippen LogP contribution in [0, 0.1) is 5.92 Å². The van der Waals surface area contributed by atoms with E-state index in [9.17, 15) is 14.3 Å². The Hall–Kier alpha value is -1.86. The molecule has 0 radical (unpaired) electrons. The second kappa shape index (κ2) is 10.4. The number of hydrogen-bond donors (Lipinski definition) is 2. The number of nitrogens with zero attached hydrogens (tertiary/aromatic N) is 2. The summed E-state index contributed by atoms with van der Waals surface area (Å²) in [6.45, 7) is 6.23. The van der Waals surface area contributed by atoms with Crippen LogP contribution in [0.5, 0.6) is 5.75 Å². The van der Waals surface area contributed by atoms with Crippen LogP contribution in [0.25, 0.3) is 0 Å². The van der Waals surface area contributed by atoms with E-state index in [1.807, 2.05) is 18.2 Å². The number of nitrogens with one attached hydrogen (secondary N) is 1. The highest BCUT2D eigenvalue weighted by molar-refractivity contribution is 5.78. The Bertz CT molecular complexity index is 682. The molecule has 1 aliphatic carbocycles. The molecule has 3 rings (SSSR count). The van der Waals surface area contributed by atoms with Crippen molar-refractivity contribution in [2.45, 2.75) is 50.8 Å². The van der Waals surface area contributed by atoms with Gasteiger partial charge in [0.1, 0.15) is 11.4 Å². The molecule has 1 heterocycles. The Labute approximate surface area is 179 Å². The molecule has 1 atom stereocenters. The Kier molecular flexibility index (Phi) is 7.94. The Balaban J connectivity index is 1.33. The van der Waals surface area contributed by atoms with Gasteiger partial charge in [0, 0.05) is 45.2 Å². The van der Waals surface area contributed by atoms with E-state index in [-0.39, 0.29) is 11.8 Å². The van der Waals surface area contributed by atoms with Crippen molar-refractivity contribution in [2.24, 2.45) is 5.92 Å². The molecule has 30 heavy (non-hydrogen) atoms. The quantitative estimate of drug-likeness (QED) is 0.676. The molecule has 6 nitrogen and oxygen atoms in total. The summed E-state index contributed by atoms with van der Waals surface area (Å²) < 4.78 is 19.3. The number of rotatable bonds is 8. The number of β-amino-alcohol motifs (C(OH)–C–C–N with tert-alkyl or cyclic N) is 1. The summed E-state index contributed by atoms with van der Waals surface area (Å²) >= 11 is 0. The molecule has 0 spiro atoms. The van der Waals surface area contributed by atoms with E-state index in [2.05, 4.69) is 21.2 Å². The summed E-state index contributed by atoms with van der Waals surface area (Å²) in [5, 5.41) is 13.3. The molecule has 1 aliphatic heterocycles. The van der Waals surface area contributed by atoms with E-state index in [4.69, 9.17) is 4.74 Å². The molecule has 1 aromatic rings. The van der Waals surface area contributed by atoms with Crippen LogP contribution in [-0.2, 0) is 4.79 Å². The van der Waals surface area contributed by atoms with Crippen molar-refractivity contribution in [1.82, 2.24) is 10.2 Å². The molecule has 1 unspecified atom stereocenters. The molecular formula is C23H36FN3O3. The lowest BCUT2D eigenvalue weighted by Crippen LogP contribution is -2.49. The van der Waals surface area contributed by atoms with Gasteiger partial charge < -0.3 is 20.1 Å².